The minimum atomic E-state index is -4.33. The average Bonchev–Trinajstić information content (AvgIpc) is 1.81. The summed E-state index contributed by atoms with van der Waals surface area (Å²) in [4.78, 5) is 0. The van der Waals surface area contributed by atoms with Gasteiger partial charge in [-0.3, -0.25) is 0 Å². The van der Waals surface area contributed by atoms with Crippen molar-refractivity contribution in [1.82, 2.24) is 0 Å². The molecule has 0 atom stereocenters. The molecule has 0 N–H and O–H groups in total. The Balaban J connectivity index is 5.30. The summed E-state index contributed by atoms with van der Waals surface area (Å²) in [6, 6.07) is 0. The first-order chi connectivity index (χ1) is 5.75. The minimum absolute atomic E-state index is 1.20. The van der Waals surface area contributed by atoms with Crippen LogP contribution in [-0.2, 0) is 0 Å². The van der Waals surface area contributed by atoms with Gasteiger partial charge in [0.05, 0.1) is 0 Å². The fraction of sp³-hybridized carbons (Fsp3) is 1.00. The standard InChI is InChI=1S/C4Br4F4I2/c5-3(6,7)1(9,10)2(11,12)4(8,13)14. The third-order valence-corrected chi connectivity index (χ3v) is 4.45. The smallest absolute Gasteiger partial charge is 0.196 e. The molecule has 0 aliphatic rings. The molecule has 0 aromatic carbocycles. The quantitative estimate of drug-likeness (QED) is 0.189. The van der Waals surface area contributed by atoms with Crippen LogP contribution >= 0.6 is 109 Å². The van der Waals surface area contributed by atoms with Crippen molar-refractivity contribution in [3.05, 3.63) is 0 Å². The average molecular weight is 697 g/mol. The van der Waals surface area contributed by atoms with E-state index in [1.54, 1.807) is 0 Å². The van der Waals surface area contributed by atoms with E-state index in [0.29, 0.717) is 0 Å². The van der Waals surface area contributed by atoms with Gasteiger partial charge in [0.2, 0.25) is 2.14 Å². The molecule has 0 heterocycles. The molecule has 0 spiro atoms. The first-order valence-electron chi connectivity index (χ1n) is 2.64. The van der Waals surface area contributed by atoms with E-state index in [4.69, 9.17) is 0 Å². The van der Waals surface area contributed by atoms with Gasteiger partial charge in [-0.1, -0.05) is 63.7 Å². The molecule has 0 bridgehead atoms. The Morgan fingerprint density at radius 1 is 0.714 bits per heavy atom. The van der Waals surface area contributed by atoms with Crippen LogP contribution in [0.2, 0.25) is 0 Å². The fourth-order valence-electron chi connectivity index (χ4n) is 0.356. The topological polar surface area (TPSA) is 0 Å². The fourth-order valence-corrected chi connectivity index (χ4v) is 2.03. The van der Waals surface area contributed by atoms with Gasteiger partial charge in [0, 0.05) is 0 Å². The molecule has 0 aromatic rings. The Kier molecular flexibility index (Phi) is 6.11. The highest BCUT2D eigenvalue weighted by Crippen LogP contribution is 2.62. The van der Waals surface area contributed by atoms with Crippen LogP contribution < -0.4 is 0 Å². The van der Waals surface area contributed by atoms with Gasteiger partial charge in [-0.15, -0.1) is 0 Å². The Morgan fingerprint density at radius 3 is 1.07 bits per heavy atom. The Morgan fingerprint density at radius 2 is 1.00 bits per heavy atom. The SMILES string of the molecule is FC(F)(C(Br)(Br)Br)C(F)(F)C(Br)(I)I. The van der Waals surface area contributed by atoms with Gasteiger partial charge in [0.1, 0.15) is 0 Å². The van der Waals surface area contributed by atoms with E-state index in [2.05, 4.69) is 63.7 Å². The number of rotatable bonds is 2. The van der Waals surface area contributed by atoms with Crippen molar-refractivity contribution in [2.24, 2.45) is 0 Å². The van der Waals surface area contributed by atoms with Crippen LogP contribution in [0.15, 0.2) is 0 Å². The Hall–Kier alpha value is 3.10. The molecule has 0 rings (SSSR count). The zero-order chi connectivity index (χ0) is 12.0. The lowest BCUT2D eigenvalue weighted by Crippen LogP contribution is -2.55. The molecular weight excluding hydrogens is 697 g/mol. The number of hydrogen-bond acceptors (Lipinski definition) is 0. The first-order valence-corrected chi connectivity index (χ1v) is 7.97. The lowest BCUT2D eigenvalue weighted by Gasteiger charge is -2.36. The zero-order valence-corrected chi connectivity index (χ0v) is 16.4. The molecule has 86 valence electrons. The lowest BCUT2D eigenvalue weighted by atomic mass is 10.2. The number of alkyl halides is 10. The van der Waals surface area contributed by atoms with Crippen molar-refractivity contribution >= 4 is 109 Å². The van der Waals surface area contributed by atoms with Gasteiger partial charge in [0.15, 0.2) is 0.338 Å². The number of hydrogen-bond donors (Lipinski definition) is 0. The van der Waals surface area contributed by atoms with Crippen molar-refractivity contribution in [3.63, 3.8) is 0 Å². The molecule has 0 saturated heterocycles. The Bertz CT molecular complexity index is 196. The van der Waals surface area contributed by atoms with Crippen LogP contribution in [0.1, 0.15) is 0 Å². The third-order valence-electron chi connectivity index (χ3n) is 1.11. The van der Waals surface area contributed by atoms with E-state index in [-0.39, 0.29) is 0 Å². The Labute approximate surface area is 138 Å². The summed E-state index contributed by atoms with van der Waals surface area (Å²) in [5.74, 6) is -8.59. The molecule has 0 unspecified atom stereocenters. The molecule has 0 aromatic heterocycles. The van der Waals surface area contributed by atoms with Gasteiger partial charge in [-0.2, -0.15) is 17.6 Å². The highest BCUT2D eigenvalue weighted by atomic mass is 127. The monoisotopic (exact) mass is 693 g/mol. The molecule has 0 nitrogen and oxygen atoms in total. The maximum absolute atomic E-state index is 13.3. The van der Waals surface area contributed by atoms with Gasteiger partial charge in [0.25, 0.3) is 0 Å². The van der Waals surface area contributed by atoms with Crippen molar-refractivity contribution in [2.45, 2.75) is 14.3 Å². The molecule has 10 heteroatoms. The first kappa shape index (κ1) is 17.1. The normalized spacial score (nSPS) is 15.9. The molecule has 0 aliphatic heterocycles. The summed E-state index contributed by atoms with van der Waals surface area (Å²) in [6.07, 6.45) is 0. The maximum Gasteiger partial charge on any atom is 0.347 e. The minimum Gasteiger partial charge on any atom is -0.196 e. The van der Waals surface area contributed by atoms with Gasteiger partial charge in [-0.25, -0.2) is 0 Å². The highest BCUT2D eigenvalue weighted by Gasteiger charge is 2.73. The second-order valence-corrected chi connectivity index (χ2v) is 18.4. The van der Waals surface area contributed by atoms with Crippen molar-refractivity contribution in [3.8, 4) is 0 Å². The summed E-state index contributed by atoms with van der Waals surface area (Å²) >= 11 is 12.1. The van der Waals surface area contributed by atoms with E-state index in [9.17, 15) is 17.6 Å². The largest absolute Gasteiger partial charge is 0.347 e. The molecule has 14 heavy (non-hydrogen) atoms. The van der Waals surface area contributed by atoms with E-state index in [1.165, 1.54) is 45.2 Å². The molecular formula is C4Br4F4I2. The predicted octanol–water partition coefficient (Wildman–Crippen LogP) is 6.01. The van der Waals surface area contributed by atoms with Crippen LogP contribution in [0.3, 0.4) is 0 Å². The van der Waals surface area contributed by atoms with Crippen LogP contribution in [-0.4, -0.2) is 14.3 Å². The summed E-state index contributed by atoms with van der Waals surface area (Å²) < 4.78 is 48.7. The number of halogens is 10. The van der Waals surface area contributed by atoms with Crippen molar-refractivity contribution in [1.29, 1.82) is 0 Å². The predicted molar refractivity (Wildman–Crippen MR) is 79.1 cm³/mol. The van der Waals surface area contributed by atoms with E-state index < -0.39 is 14.3 Å². The second kappa shape index (κ2) is 5.00. The second-order valence-electron chi connectivity index (χ2n) is 2.14. The zero-order valence-electron chi connectivity index (χ0n) is 5.78. The van der Waals surface area contributed by atoms with Gasteiger partial charge in [-0.05, 0) is 45.2 Å². The maximum atomic E-state index is 13.3. The molecule has 0 fully saturated rings. The van der Waals surface area contributed by atoms with Crippen LogP contribution in [0, 0.1) is 0 Å². The molecule has 0 saturated carbocycles. The molecule has 0 aliphatic carbocycles. The molecule has 0 radical (unpaired) electrons. The van der Waals surface area contributed by atoms with Crippen molar-refractivity contribution < 1.29 is 17.6 Å². The summed E-state index contributed by atoms with van der Waals surface area (Å²) in [6.45, 7) is 0. The summed E-state index contributed by atoms with van der Waals surface area (Å²) in [5, 5.41) is 0. The summed E-state index contributed by atoms with van der Waals surface area (Å²) in [5.41, 5.74) is 0. The van der Waals surface area contributed by atoms with Crippen molar-refractivity contribution in [2.75, 3.05) is 0 Å². The highest BCUT2D eigenvalue weighted by molar-refractivity contribution is 14.2. The van der Waals surface area contributed by atoms with E-state index >= 15 is 0 Å². The van der Waals surface area contributed by atoms with Crippen LogP contribution in [0.5, 0.6) is 0 Å². The third kappa shape index (κ3) is 3.31. The summed E-state index contributed by atoms with van der Waals surface area (Å²) in [7, 11) is 0. The van der Waals surface area contributed by atoms with Crippen LogP contribution in [0.25, 0.3) is 0 Å². The van der Waals surface area contributed by atoms with E-state index in [0.717, 1.165) is 0 Å². The van der Waals surface area contributed by atoms with E-state index in [1.807, 2.05) is 0 Å². The molecule has 0 amide bonds. The lowest BCUT2D eigenvalue weighted by molar-refractivity contribution is -0.189. The van der Waals surface area contributed by atoms with Gasteiger partial charge >= 0.3 is 11.8 Å². The van der Waals surface area contributed by atoms with Gasteiger partial charge < -0.3 is 0 Å². The van der Waals surface area contributed by atoms with Crippen LogP contribution in [0.4, 0.5) is 17.6 Å².